The molecule has 3 heteroatoms. The molecule has 82 valence electrons. The zero-order valence-electron chi connectivity index (χ0n) is 9.27. The van der Waals surface area contributed by atoms with Crippen molar-refractivity contribution in [3.8, 4) is 0 Å². The fourth-order valence-electron chi connectivity index (χ4n) is 1.32. The second-order valence-corrected chi connectivity index (χ2v) is 3.62. The first kappa shape index (κ1) is 11.7. The molecule has 0 aliphatic carbocycles. The number of pyridine rings is 1. The average molecular weight is 207 g/mol. The lowest BCUT2D eigenvalue weighted by atomic mass is 10.1. The van der Waals surface area contributed by atoms with Gasteiger partial charge in [-0.2, -0.15) is 0 Å². The monoisotopic (exact) mass is 207 g/mol. The molecular weight excluding hydrogens is 190 g/mol. The fourth-order valence-corrected chi connectivity index (χ4v) is 1.32. The maximum absolute atomic E-state index is 11.5. The van der Waals surface area contributed by atoms with Crippen LogP contribution in [-0.4, -0.2) is 11.0 Å². The van der Waals surface area contributed by atoms with Crippen LogP contribution >= 0.6 is 0 Å². The minimum Gasteiger partial charge on any atom is -0.459 e. The summed E-state index contributed by atoms with van der Waals surface area (Å²) in [5, 5.41) is 0. The van der Waals surface area contributed by atoms with Gasteiger partial charge < -0.3 is 4.74 Å². The van der Waals surface area contributed by atoms with Crippen LogP contribution in [0.25, 0.3) is 0 Å². The number of aromatic nitrogens is 1. The molecular formula is C12H17NO2. The van der Waals surface area contributed by atoms with Gasteiger partial charge in [0.25, 0.3) is 0 Å². The number of hydrogen-bond acceptors (Lipinski definition) is 3. The van der Waals surface area contributed by atoms with E-state index in [1.54, 1.807) is 6.20 Å². The largest absolute Gasteiger partial charge is 0.459 e. The van der Waals surface area contributed by atoms with Crippen LogP contribution in [0.5, 0.6) is 0 Å². The van der Waals surface area contributed by atoms with Crippen LogP contribution in [0.4, 0.5) is 0 Å². The lowest BCUT2D eigenvalue weighted by Gasteiger charge is -2.09. The molecule has 3 nitrogen and oxygen atoms in total. The zero-order chi connectivity index (χ0) is 11.1. The molecule has 0 bridgehead atoms. The summed E-state index contributed by atoms with van der Waals surface area (Å²) in [7, 11) is 0. The summed E-state index contributed by atoms with van der Waals surface area (Å²) in [6.07, 6.45) is 3.57. The van der Waals surface area contributed by atoms with Crippen molar-refractivity contribution in [1.82, 2.24) is 4.98 Å². The van der Waals surface area contributed by atoms with Crippen molar-refractivity contribution in [2.75, 3.05) is 0 Å². The van der Waals surface area contributed by atoms with E-state index in [0.29, 0.717) is 0 Å². The van der Waals surface area contributed by atoms with Gasteiger partial charge in [-0.25, -0.2) is 0 Å². The molecule has 0 aromatic carbocycles. The van der Waals surface area contributed by atoms with Gasteiger partial charge in [0.15, 0.2) is 0 Å². The third-order valence-corrected chi connectivity index (χ3v) is 2.21. The van der Waals surface area contributed by atoms with Gasteiger partial charge >= 0.3 is 5.97 Å². The summed E-state index contributed by atoms with van der Waals surface area (Å²) in [6, 6.07) is 5.56. The topological polar surface area (TPSA) is 39.2 Å². The van der Waals surface area contributed by atoms with Crippen molar-refractivity contribution < 1.29 is 9.53 Å². The van der Waals surface area contributed by atoms with Crippen LogP contribution in [0, 0.1) is 5.92 Å². The summed E-state index contributed by atoms with van der Waals surface area (Å²) >= 11 is 0. The Morgan fingerprint density at radius 3 is 2.93 bits per heavy atom. The van der Waals surface area contributed by atoms with Crippen LogP contribution in [0.3, 0.4) is 0 Å². The average Bonchev–Trinajstić information content (AvgIpc) is 2.27. The molecule has 1 rings (SSSR count). The van der Waals surface area contributed by atoms with Gasteiger partial charge in [0.2, 0.25) is 0 Å². The Morgan fingerprint density at radius 1 is 1.53 bits per heavy atom. The van der Waals surface area contributed by atoms with E-state index in [4.69, 9.17) is 4.74 Å². The third kappa shape index (κ3) is 4.11. The minimum absolute atomic E-state index is 0.0151. The van der Waals surface area contributed by atoms with E-state index in [1.165, 1.54) is 0 Å². The van der Waals surface area contributed by atoms with Crippen LogP contribution in [0.1, 0.15) is 32.4 Å². The Morgan fingerprint density at radius 2 is 2.33 bits per heavy atom. The van der Waals surface area contributed by atoms with Crippen LogP contribution < -0.4 is 0 Å². The number of carbonyl (C=O) groups excluding carboxylic acids is 1. The van der Waals surface area contributed by atoms with Gasteiger partial charge in [-0.3, -0.25) is 9.78 Å². The van der Waals surface area contributed by atoms with Crippen molar-refractivity contribution in [2.45, 2.75) is 33.3 Å². The Hall–Kier alpha value is -1.38. The molecule has 1 atom stereocenters. The van der Waals surface area contributed by atoms with E-state index in [9.17, 15) is 4.79 Å². The van der Waals surface area contributed by atoms with Crippen molar-refractivity contribution in [2.24, 2.45) is 5.92 Å². The molecule has 0 radical (unpaired) electrons. The molecule has 0 aliphatic heterocycles. The molecule has 1 unspecified atom stereocenters. The first-order valence-corrected chi connectivity index (χ1v) is 5.30. The summed E-state index contributed by atoms with van der Waals surface area (Å²) in [6.45, 7) is 4.22. The Balaban J connectivity index is 2.34. The molecule has 1 heterocycles. The fraction of sp³-hybridized carbons (Fsp3) is 0.500. The first-order valence-electron chi connectivity index (χ1n) is 5.30. The second-order valence-electron chi connectivity index (χ2n) is 3.62. The molecule has 0 spiro atoms. The van der Waals surface area contributed by atoms with Gasteiger partial charge in [0, 0.05) is 6.20 Å². The Bertz CT molecular complexity index is 298. The predicted octanol–water partition coefficient (Wildman–Crippen LogP) is 2.56. The molecule has 1 aromatic rings. The lowest BCUT2D eigenvalue weighted by Crippen LogP contribution is -2.14. The van der Waals surface area contributed by atoms with E-state index >= 15 is 0 Å². The number of rotatable bonds is 5. The van der Waals surface area contributed by atoms with Crippen LogP contribution in [0.15, 0.2) is 24.4 Å². The normalized spacial score (nSPS) is 12.1. The second kappa shape index (κ2) is 6.17. The summed E-state index contributed by atoms with van der Waals surface area (Å²) in [5.74, 6) is -0.152. The SMILES string of the molecule is CCCC(C)C(=O)OCc1ccccn1. The summed E-state index contributed by atoms with van der Waals surface area (Å²) in [4.78, 5) is 15.5. The van der Waals surface area contributed by atoms with Gasteiger partial charge in [-0.15, -0.1) is 0 Å². The minimum atomic E-state index is -0.137. The van der Waals surface area contributed by atoms with E-state index < -0.39 is 0 Å². The van der Waals surface area contributed by atoms with Crippen molar-refractivity contribution in [3.05, 3.63) is 30.1 Å². The van der Waals surface area contributed by atoms with Crippen molar-refractivity contribution in [1.29, 1.82) is 0 Å². The molecule has 0 aliphatic rings. The van der Waals surface area contributed by atoms with Gasteiger partial charge in [-0.1, -0.05) is 26.3 Å². The smallest absolute Gasteiger partial charge is 0.309 e. The first-order chi connectivity index (χ1) is 7.24. The molecule has 0 N–H and O–H groups in total. The highest BCUT2D eigenvalue weighted by Gasteiger charge is 2.13. The number of ether oxygens (including phenoxy) is 1. The Labute approximate surface area is 90.5 Å². The quantitative estimate of drug-likeness (QED) is 0.696. The van der Waals surface area contributed by atoms with Gasteiger partial charge in [0.1, 0.15) is 6.61 Å². The summed E-state index contributed by atoms with van der Waals surface area (Å²) < 4.78 is 5.14. The van der Waals surface area contributed by atoms with E-state index in [2.05, 4.69) is 11.9 Å². The van der Waals surface area contributed by atoms with Crippen LogP contribution in [0.2, 0.25) is 0 Å². The third-order valence-electron chi connectivity index (χ3n) is 2.21. The van der Waals surface area contributed by atoms with E-state index in [1.807, 2.05) is 25.1 Å². The summed E-state index contributed by atoms with van der Waals surface area (Å²) in [5.41, 5.74) is 0.787. The molecule has 0 fully saturated rings. The number of carbonyl (C=O) groups is 1. The van der Waals surface area contributed by atoms with Crippen LogP contribution in [-0.2, 0) is 16.1 Å². The van der Waals surface area contributed by atoms with E-state index in [0.717, 1.165) is 18.5 Å². The molecule has 0 amide bonds. The highest BCUT2D eigenvalue weighted by atomic mass is 16.5. The van der Waals surface area contributed by atoms with Gasteiger partial charge in [0.05, 0.1) is 11.6 Å². The predicted molar refractivity (Wildman–Crippen MR) is 58.1 cm³/mol. The number of esters is 1. The lowest BCUT2D eigenvalue weighted by molar-refractivity contribution is -0.149. The van der Waals surface area contributed by atoms with Crippen molar-refractivity contribution in [3.63, 3.8) is 0 Å². The maximum Gasteiger partial charge on any atom is 0.309 e. The molecule has 15 heavy (non-hydrogen) atoms. The standard InChI is InChI=1S/C12H17NO2/c1-3-6-10(2)12(14)15-9-11-7-4-5-8-13-11/h4-5,7-8,10H,3,6,9H2,1-2H3. The molecule has 1 aromatic heterocycles. The highest BCUT2D eigenvalue weighted by molar-refractivity contribution is 5.71. The van der Waals surface area contributed by atoms with Gasteiger partial charge in [-0.05, 0) is 18.6 Å². The molecule has 0 saturated heterocycles. The van der Waals surface area contributed by atoms with E-state index in [-0.39, 0.29) is 18.5 Å². The Kier molecular flexibility index (Phi) is 4.81. The maximum atomic E-state index is 11.5. The number of hydrogen-bond donors (Lipinski definition) is 0. The van der Waals surface area contributed by atoms with Crippen molar-refractivity contribution >= 4 is 5.97 Å². The number of nitrogens with zero attached hydrogens (tertiary/aromatic N) is 1. The highest BCUT2D eigenvalue weighted by Crippen LogP contribution is 2.08. The zero-order valence-corrected chi connectivity index (χ0v) is 9.27. The molecule has 0 saturated carbocycles.